The summed E-state index contributed by atoms with van der Waals surface area (Å²) >= 11 is 0. The second-order valence-corrected chi connectivity index (χ2v) is 9.10. The lowest BCUT2D eigenvalue weighted by atomic mass is 9.77. The van der Waals surface area contributed by atoms with Gasteiger partial charge in [-0.25, -0.2) is 5.01 Å². The number of hydrogen-bond donors (Lipinski definition) is 0. The molecule has 0 saturated heterocycles. The molecule has 1 amide bonds. The number of allylic oxidation sites excluding steroid dienone is 1. The minimum Gasteiger partial charge on any atom is -0.497 e. The molecule has 1 aliphatic heterocycles. The summed E-state index contributed by atoms with van der Waals surface area (Å²) in [6.07, 6.45) is 4.83. The van der Waals surface area contributed by atoms with Crippen LogP contribution in [0.4, 0.5) is 5.69 Å². The molecule has 0 N–H and O–H groups in total. The molecular formula is C29H27N3O5. The number of methoxy groups -OCH3 is 2. The Morgan fingerprint density at radius 1 is 1.03 bits per heavy atom. The highest BCUT2D eigenvalue weighted by Gasteiger charge is 2.44. The predicted molar refractivity (Wildman–Crippen MR) is 141 cm³/mol. The summed E-state index contributed by atoms with van der Waals surface area (Å²) in [5, 5.41) is 17.7. The van der Waals surface area contributed by atoms with Gasteiger partial charge >= 0.3 is 0 Å². The summed E-state index contributed by atoms with van der Waals surface area (Å²) in [6, 6.07) is 21.0. The van der Waals surface area contributed by atoms with Crippen molar-refractivity contribution >= 4 is 23.4 Å². The summed E-state index contributed by atoms with van der Waals surface area (Å²) in [6.45, 7) is 0. The minimum absolute atomic E-state index is 0.00860. The van der Waals surface area contributed by atoms with Crippen LogP contribution in [0.1, 0.15) is 46.8 Å². The normalized spacial score (nSPS) is 19.8. The van der Waals surface area contributed by atoms with Gasteiger partial charge in [0.15, 0.2) is 0 Å². The van der Waals surface area contributed by atoms with E-state index in [-0.39, 0.29) is 29.1 Å². The van der Waals surface area contributed by atoms with Crippen molar-refractivity contribution in [1.29, 1.82) is 0 Å². The van der Waals surface area contributed by atoms with Crippen LogP contribution in [0.3, 0.4) is 0 Å². The molecule has 1 fully saturated rings. The maximum atomic E-state index is 13.7. The highest BCUT2D eigenvalue weighted by molar-refractivity contribution is 6.09. The van der Waals surface area contributed by atoms with E-state index in [1.54, 1.807) is 20.3 Å². The molecule has 3 aromatic rings. The number of ether oxygens (including phenoxy) is 2. The average molecular weight is 498 g/mol. The van der Waals surface area contributed by atoms with Gasteiger partial charge in [0.1, 0.15) is 11.5 Å². The van der Waals surface area contributed by atoms with Gasteiger partial charge in [-0.15, -0.1) is 0 Å². The Morgan fingerprint density at radius 2 is 1.70 bits per heavy atom. The second kappa shape index (κ2) is 10.3. The smallest absolute Gasteiger partial charge is 0.274 e. The monoisotopic (exact) mass is 497 g/mol. The van der Waals surface area contributed by atoms with Crippen molar-refractivity contribution in [2.24, 2.45) is 11.0 Å². The maximum absolute atomic E-state index is 13.7. The third kappa shape index (κ3) is 4.82. The first-order valence-electron chi connectivity index (χ1n) is 12.1. The standard InChI is InChI=1S/C29H27N3O5/c1-36-24-13-9-19(10-14-24)17-21-5-4-8-26-27(21)30-31(28(26)20-11-15-25(37-2)16-12-20)29(33)22-6-3-7-23(18-22)32(34)35/h3,6-7,9-18,26,28H,4-5,8H2,1-2H3. The van der Waals surface area contributed by atoms with E-state index < -0.39 is 4.92 Å². The molecule has 2 aliphatic rings. The van der Waals surface area contributed by atoms with Gasteiger partial charge in [0.05, 0.1) is 30.9 Å². The Kier molecular flexibility index (Phi) is 6.72. The first-order valence-corrected chi connectivity index (χ1v) is 12.1. The molecule has 0 spiro atoms. The molecule has 0 aromatic heterocycles. The molecule has 0 radical (unpaired) electrons. The fourth-order valence-electron chi connectivity index (χ4n) is 5.09. The fourth-order valence-corrected chi connectivity index (χ4v) is 5.09. The number of nitro benzene ring substituents is 1. The number of hydrazone groups is 1. The van der Waals surface area contributed by atoms with Crippen LogP contribution < -0.4 is 9.47 Å². The van der Waals surface area contributed by atoms with Gasteiger partial charge in [0.2, 0.25) is 0 Å². The molecule has 2 atom stereocenters. The van der Waals surface area contributed by atoms with Crippen LogP contribution >= 0.6 is 0 Å². The van der Waals surface area contributed by atoms with E-state index in [1.165, 1.54) is 23.2 Å². The van der Waals surface area contributed by atoms with Gasteiger partial charge in [-0.2, -0.15) is 5.10 Å². The number of non-ortho nitro benzene ring substituents is 1. The van der Waals surface area contributed by atoms with Gasteiger partial charge < -0.3 is 9.47 Å². The molecule has 1 saturated carbocycles. The minimum atomic E-state index is -0.497. The number of carbonyl (C=O) groups excluding carboxylic acids is 1. The van der Waals surface area contributed by atoms with Crippen molar-refractivity contribution < 1.29 is 19.2 Å². The molecular weight excluding hydrogens is 470 g/mol. The molecule has 3 aromatic carbocycles. The quantitative estimate of drug-likeness (QED) is 0.305. The molecule has 1 heterocycles. The third-order valence-corrected chi connectivity index (χ3v) is 6.93. The maximum Gasteiger partial charge on any atom is 0.274 e. The lowest BCUT2D eigenvalue weighted by molar-refractivity contribution is -0.384. The van der Waals surface area contributed by atoms with Crippen molar-refractivity contribution in [3.05, 3.63) is 105 Å². The van der Waals surface area contributed by atoms with Crippen LogP contribution in [0, 0.1) is 16.0 Å². The average Bonchev–Trinajstić information content (AvgIpc) is 3.34. The van der Waals surface area contributed by atoms with Crippen LogP contribution in [0.25, 0.3) is 6.08 Å². The topological polar surface area (TPSA) is 94.3 Å². The number of carbonyl (C=O) groups is 1. The molecule has 5 rings (SSSR count). The first kappa shape index (κ1) is 24.2. The number of hydrogen-bond acceptors (Lipinski definition) is 6. The Labute approximate surface area is 215 Å². The predicted octanol–water partition coefficient (Wildman–Crippen LogP) is 6.05. The largest absolute Gasteiger partial charge is 0.497 e. The Balaban J connectivity index is 1.56. The summed E-state index contributed by atoms with van der Waals surface area (Å²) in [4.78, 5) is 24.6. The van der Waals surface area contributed by atoms with Gasteiger partial charge in [-0.3, -0.25) is 14.9 Å². The zero-order valence-corrected chi connectivity index (χ0v) is 20.7. The summed E-state index contributed by atoms with van der Waals surface area (Å²) in [5.41, 5.74) is 4.06. The van der Waals surface area contributed by atoms with E-state index in [0.29, 0.717) is 0 Å². The first-order chi connectivity index (χ1) is 18.0. The number of fused-ring (bicyclic) bond motifs is 1. The molecule has 188 valence electrons. The fraction of sp³-hybridized carbons (Fsp3) is 0.241. The summed E-state index contributed by atoms with van der Waals surface area (Å²) < 4.78 is 10.6. The molecule has 1 aliphatic carbocycles. The lowest BCUT2D eigenvalue weighted by Gasteiger charge is -2.29. The van der Waals surface area contributed by atoms with E-state index in [2.05, 4.69) is 6.08 Å². The SMILES string of the molecule is COc1ccc(C=C2CCCC3C2=NN(C(=O)c2cccc([N+](=O)[O-])c2)C3c2ccc(OC)cc2)cc1. The molecule has 8 nitrogen and oxygen atoms in total. The van der Waals surface area contributed by atoms with Gasteiger partial charge in [-0.05, 0) is 72.4 Å². The van der Waals surface area contributed by atoms with E-state index >= 15 is 0 Å². The highest BCUT2D eigenvalue weighted by atomic mass is 16.6. The summed E-state index contributed by atoms with van der Waals surface area (Å²) in [7, 11) is 3.25. The van der Waals surface area contributed by atoms with Crippen molar-refractivity contribution in [2.75, 3.05) is 14.2 Å². The number of amides is 1. The van der Waals surface area contributed by atoms with E-state index in [9.17, 15) is 14.9 Å². The van der Waals surface area contributed by atoms with Crippen LogP contribution in [0.15, 0.2) is 83.5 Å². The number of rotatable bonds is 6. The molecule has 8 heteroatoms. The van der Waals surface area contributed by atoms with Gasteiger partial charge in [-0.1, -0.05) is 30.3 Å². The zero-order valence-electron chi connectivity index (χ0n) is 20.7. The number of benzene rings is 3. The van der Waals surface area contributed by atoms with Crippen molar-refractivity contribution in [3.8, 4) is 11.5 Å². The van der Waals surface area contributed by atoms with E-state index in [1.807, 2.05) is 48.5 Å². The van der Waals surface area contributed by atoms with Gasteiger partial charge in [0.25, 0.3) is 11.6 Å². The number of nitro groups is 1. The Bertz CT molecular complexity index is 1380. The molecule has 2 unspecified atom stereocenters. The van der Waals surface area contributed by atoms with Crippen molar-refractivity contribution in [3.63, 3.8) is 0 Å². The molecule has 0 bridgehead atoms. The van der Waals surface area contributed by atoms with Gasteiger partial charge in [0, 0.05) is 23.6 Å². The van der Waals surface area contributed by atoms with Crippen LogP contribution in [0.2, 0.25) is 0 Å². The van der Waals surface area contributed by atoms with Crippen LogP contribution in [0.5, 0.6) is 11.5 Å². The zero-order chi connectivity index (χ0) is 25.9. The number of nitrogens with zero attached hydrogens (tertiary/aromatic N) is 3. The van der Waals surface area contributed by atoms with Crippen LogP contribution in [-0.2, 0) is 0 Å². The van der Waals surface area contributed by atoms with Crippen molar-refractivity contribution in [2.45, 2.75) is 25.3 Å². The van der Waals surface area contributed by atoms with Crippen LogP contribution in [-0.4, -0.2) is 35.8 Å². The Hall–Kier alpha value is -4.46. The second-order valence-electron chi connectivity index (χ2n) is 9.10. The Morgan fingerprint density at radius 3 is 2.35 bits per heavy atom. The van der Waals surface area contributed by atoms with Crippen molar-refractivity contribution in [1.82, 2.24) is 5.01 Å². The van der Waals surface area contributed by atoms with E-state index in [0.717, 1.165) is 53.2 Å². The lowest BCUT2D eigenvalue weighted by Crippen LogP contribution is -2.32. The molecule has 37 heavy (non-hydrogen) atoms. The third-order valence-electron chi connectivity index (χ3n) is 6.93. The summed E-state index contributed by atoms with van der Waals surface area (Å²) in [5.74, 6) is 1.16. The van der Waals surface area contributed by atoms with E-state index in [4.69, 9.17) is 14.6 Å². The highest BCUT2D eigenvalue weighted by Crippen LogP contribution is 2.45.